The van der Waals surface area contributed by atoms with Gasteiger partial charge in [0.15, 0.2) is 0 Å². The lowest BCUT2D eigenvalue weighted by atomic mass is 10.2. The second-order valence-electron chi connectivity index (χ2n) is 7.32. The van der Waals surface area contributed by atoms with Crippen molar-refractivity contribution in [3.63, 3.8) is 0 Å². The SMILES string of the molecule is Cc1nn(Cc2ccccc2Cl)c2sc(C(=O)NNC(=O)c3c[nH]c4ccccc34)cc12. The Labute approximate surface area is 192 Å². The van der Waals surface area contributed by atoms with Gasteiger partial charge in [-0.3, -0.25) is 25.1 Å². The Kier molecular flexibility index (Phi) is 5.16. The van der Waals surface area contributed by atoms with E-state index in [0.717, 1.165) is 32.4 Å². The molecule has 3 N–H and O–H groups in total. The third-order valence-corrected chi connectivity index (χ3v) is 6.75. The molecule has 5 rings (SSSR count). The summed E-state index contributed by atoms with van der Waals surface area (Å²) < 4.78 is 1.85. The Balaban J connectivity index is 1.34. The van der Waals surface area contributed by atoms with E-state index < -0.39 is 5.91 Å². The van der Waals surface area contributed by atoms with Crippen molar-refractivity contribution >= 4 is 55.9 Å². The number of aromatic nitrogens is 3. The van der Waals surface area contributed by atoms with E-state index in [1.807, 2.05) is 60.1 Å². The van der Waals surface area contributed by atoms with Crippen LogP contribution in [0.2, 0.25) is 5.02 Å². The highest BCUT2D eigenvalue weighted by molar-refractivity contribution is 7.20. The number of fused-ring (bicyclic) bond motifs is 2. The molecule has 3 aromatic heterocycles. The number of halogens is 1. The lowest BCUT2D eigenvalue weighted by molar-refractivity contribution is 0.0850. The molecule has 0 spiro atoms. The number of hydrogen-bond donors (Lipinski definition) is 3. The van der Waals surface area contributed by atoms with Crippen LogP contribution >= 0.6 is 22.9 Å². The summed E-state index contributed by atoms with van der Waals surface area (Å²) in [6, 6.07) is 16.9. The molecule has 2 amide bonds. The van der Waals surface area contributed by atoms with Crippen LogP contribution in [-0.4, -0.2) is 26.6 Å². The normalized spacial score (nSPS) is 11.2. The third kappa shape index (κ3) is 3.63. The predicted octanol–water partition coefficient (Wildman–Crippen LogP) is 4.66. The van der Waals surface area contributed by atoms with Gasteiger partial charge in [0.2, 0.25) is 0 Å². The maximum atomic E-state index is 12.7. The van der Waals surface area contributed by atoms with Gasteiger partial charge in [-0.1, -0.05) is 48.0 Å². The first-order valence-electron chi connectivity index (χ1n) is 9.88. The Morgan fingerprint density at radius 2 is 1.81 bits per heavy atom. The van der Waals surface area contributed by atoms with E-state index in [0.29, 0.717) is 22.0 Å². The fourth-order valence-electron chi connectivity index (χ4n) is 3.62. The van der Waals surface area contributed by atoms with Crippen LogP contribution in [0.15, 0.2) is 60.8 Å². The van der Waals surface area contributed by atoms with Gasteiger partial charge >= 0.3 is 0 Å². The molecule has 0 aliphatic heterocycles. The highest BCUT2D eigenvalue weighted by Crippen LogP contribution is 2.29. The summed E-state index contributed by atoms with van der Waals surface area (Å²) in [6.45, 7) is 2.40. The zero-order valence-electron chi connectivity index (χ0n) is 17.0. The Hall–Kier alpha value is -3.62. The highest BCUT2D eigenvalue weighted by Gasteiger charge is 2.18. The van der Waals surface area contributed by atoms with E-state index in [1.54, 1.807) is 12.3 Å². The number of aryl methyl sites for hydroxylation is 1. The van der Waals surface area contributed by atoms with Crippen molar-refractivity contribution in [2.24, 2.45) is 0 Å². The monoisotopic (exact) mass is 463 g/mol. The van der Waals surface area contributed by atoms with Gasteiger partial charge in [-0.2, -0.15) is 5.10 Å². The molecule has 0 atom stereocenters. The fourth-order valence-corrected chi connectivity index (χ4v) is 4.87. The Bertz CT molecular complexity index is 1480. The lowest BCUT2D eigenvalue weighted by Gasteiger charge is -2.06. The lowest BCUT2D eigenvalue weighted by Crippen LogP contribution is -2.41. The summed E-state index contributed by atoms with van der Waals surface area (Å²) in [5.74, 6) is -0.777. The molecule has 0 saturated heterocycles. The van der Waals surface area contributed by atoms with E-state index in [1.165, 1.54) is 11.3 Å². The number of para-hydroxylation sites is 1. The molecule has 0 bridgehead atoms. The minimum Gasteiger partial charge on any atom is -0.360 e. The summed E-state index contributed by atoms with van der Waals surface area (Å²) in [7, 11) is 0. The predicted molar refractivity (Wildman–Crippen MR) is 126 cm³/mol. The van der Waals surface area contributed by atoms with Crippen LogP contribution in [0.5, 0.6) is 0 Å². The molecule has 160 valence electrons. The number of H-pyrrole nitrogens is 1. The molecule has 3 heterocycles. The van der Waals surface area contributed by atoms with Crippen LogP contribution in [-0.2, 0) is 6.54 Å². The van der Waals surface area contributed by atoms with Crippen LogP contribution in [0.1, 0.15) is 31.3 Å². The molecule has 0 saturated carbocycles. The minimum absolute atomic E-state index is 0.386. The van der Waals surface area contributed by atoms with E-state index in [2.05, 4.69) is 20.9 Å². The molecule has 0 unspecified atom stereocenters. The van der Waals surface area contributed by atoms with Gasteiger partial charge in [0.25, 0.3) is 11.8 Å². The van der Waals surface area contributed by atoms with E-state index in [9.17, 15) is 9.59 Å². The third-order valence-electron chi connectivity index (χ3n) is 5.23. The molecule has 2 aromatic carbocycles. The van der Waals surface area contributed by atoms with Gasteiger partial charge < -0.3 is 4.98 Å². The Morgan fingerprint density at radius 1 is 1.06 bits per heavy atom. The number of nitrogens with one attached hydrogen (secondary N) is 3. The number of benzene rings is 2. The van der Waals surface area contributed by atoms with Crippen molar-refractivity contribution in [2.45, 2.75) is 13.5 Å². The molecular weight excluding hydrogens is 446 g/mol. The van der Waals surface area contributed by atoms with Crippen molar-refractivity contribution in [1.82, 2.24) is 25.6 Å². The van der Waals surface area contributed by atoms with Gasteiger partial charge in [-0.05, 0) is 30.7 Å². The van der Waals surface area contributed by atoms with E-state index >= 15 is 0 Å². The average molecular weight is 464 g/mol. The number of carbonyl (C=O) groups excluding carboxylic acids is 2. The minimum atomic E-state index is -0.391. The van der Waals surface area contributed by atoms with Crippen molar-refractivity contribution in [1.29, 1.82) is 0 Å². The van der Waals surface area contributed by atoms with E-state index in [-0.39, 0.29) is 5.91 Å². The summed E-state index contributed by atoms with van der Waals surface area (Å²) in [5.41, 5.74) is 8.09. The van der Waals surface area contributed by atoms with Crippen LogP contribution in [0.25, 0.3) is 21.1 Å². The molecule has 0 fully saturated rings. The maximum Gasteiger partial charge on any atom is 0.279 e. The van der Waals surface area contributed by atoms with E-state index in [4.69, 9.17) is 11.6 Å². The summed E-state index contributed by atoms with van der Waals surface area (Å²) in [6.07, 6.45) is 1.62. The van der Waals surface area contributed by atoms with Gasteiger partial charge in [-0.25, -0.2) is 0 Å². The number of amides is 2. The zero-order valence-corrected chi connectivity index (χ0v) is 18.6. The molecular formula is C23H18ClN5O2S. The quantitative estimate of drug-likeness (QED) is 0.338. The molecule has 0 radical (unpaired) electrons. The second kappa shape index (κ2) is 8.14. The molecule has 0 aliphatic carbocycles. The number of nitrogens with zero attached hydrogens (tertiary/aromatic N) is 2. The first-order chi connectivity index (χ1) is 15.5. The van der Waals surface area contributed by atoms with Crippen LogP contribution < -0.4 is 10.9 Å². The molecule has 5 aromatic rings. The number of thiophene rings is 1. The van der Waals surface area contributed by atoms with Crippen LogP contribution in [0.4, 0.5) is 0 Å². The fraction of sp³-hybridized carbons (Fsp3) is 0.0870. The number of carbonyl (C=O) groups is 2. The second-order valence-corrected chi connectivity index (χ2v) is 8.76. The van der Waals surface area contributed by atoms with Gasteiger partial charge in [-0.15, -0.1) is 11.3 Å². The number of aromatic amines is 1. The van der Waals surface area contributed by atoms with Crippen molar-refractivity contribution in [2.75, 3.05) is 0 Å². The number of hydrogen-bond acceptors (Lipinski definition) is 4. The zero-order chi connectivity index (χ0) is 22.2. The van der Waals surface area contributed by atoms with Crippen molar-refractivity contribution < 1.29 is 9.59 Å². The molecule has 7 nitrogen and oxygen atoms in total. The standard InChI is InChI=1S/C23H18ClN5O2S/c1-13-16-10-20(32-23(16)29(28-13)12-14-6-2-4-8-18(14)24)22(31)27-26-21(30)17-11-25-19-9-5-3-7-15(17)19/h2-11,25H,12H2,1H3,(H,26,30)(H,27,31). The van der Waals surface area contributed by atoms with Gasteiger partial charge in [0.05, 0.1) is 22.7 Å². The van der Waals surface area contributed by atoms with Gasteiger partial charge in [0, 0.05) is 27.5 Å². The maximum absolute atomic E-state index is 12.7. The van der Waals surface area contributed by atoms with Crippen molar-refractivity contribution in [3.8, 4) is 0 Å². The summed E-state index contributed by atoms with van der Waals surface area (Å²) in [4.78, 5) is 29.7. The number of rotatable bonds is 4. The summed E-state index contributed by atoms with van der Waals surface area (Å²) in [5, 5.41) is 6.94. The molecule has 9 heteroatoms. The van der Waals surface area contributed by atoms with Crippen molar-refractivity contribution in [3.05, 3.63) is 87.5 Å². The highest BCUT2D eigenvalue weighted by atomic mass is 35.5. The smallest absolute Gasteiger partial charge is 0.279 e. The largest absolute Gasteiger partial charge is 0.360 e. The molecule has 0 aliphatic rings. The topological polar surface area (TPSA) is 91.8 Å². The Morgan fingerprint density at radius 3 is 2.66 bits per heavy atom. The van der Waals surface area contributed by atoms with Gasteiger partial charge in [0.1, 0.15) is 4.83 Å². The average Bonchev–Trinajstić information content (AvgIpc) is 3.49. The van der Waals surface area contributed by atoms with Crippen LogP contribution in [0.3, 0.4) is 0 Å². The molecule has 32 heavy (non-hydrogen) atoms. The van der Waals surface area contributed by atoms with Crippen LogP contribution in [0, 0.1) is 6.92 Å². The summed E-state index contributed by atoms with van der Waals surface area (Å²) >= 11 is 7.61. The first-order valence-corrected chi connectivity index (χ1v) is 11.1. The first kappa shape index (κ1) is 20.3. The number of hydrazine groups is 1.